The minimum atomic E-state index is -0.742. The van der Waals surface area contributed by atoms with Gasteiger partial charge in [0.25, 0.3) is 0 Å². The number of halogens is 1. The van der Waals surface area contributed by atoms with Gasteiger partial charge in [0.1, 0.15) is 5.75 Å². The highest BCUT2D eigenvalue weighted by Crippen LogP contribution is 2.30. The second-order valence-corrected chi connectivity index (χ2v) is 4.32. The number of hydrogen-bond acceptors (Lipinski definition) is 3. The Morgan fingerprint density at radius 1 is 1.43 bits per heavy atom. The van der Waals surface area contributed by atoms with Gasteiger partial charge in [-0.25, -0.2) is 0 Å². The maximum absolute atomic E-state index is 9.74. The lowest BCUT2D eigenvalue weighted by atomic mass is 9.99. The van der Waals surface area contributed by atoms with Crippen molar-refractivity contribution in [2.24, 2.45) is 5.73 Å². The van der Waals surface area contributed by atoms with E-state index in [0.29, 0.717) is 10.0 Å². The van der Waals surface area contributed by atoms with Crippen molar-refractivity contribution in [2.45, 2.75) is 26.0 Å². The molecule has 0 aromatic heterocycles. The Bertz CT molecular complexity index is 339. The fourth-order valence-electron chi connectivity index (χ4n) is 1.28. The van der Waals surface area contributed by atoms with Crippen molar-refractivity contribution in [1.29, 1.82) is 0 Å². The molecule has 4 N–H and O–H groups in total. The van der Waals surface area contributed by atoms with Gasteiger partial charge >= 0.3 is 0 Å². The lowest BCUT2D eigenvalue weighted by Gasteiger charge is -2.17. The first-order chi connectivity index (χ1) is 6.43. The molecule has 2 unspecified atom stereocenters. The van der Waals surface area contributed by atoms with Gasteiger partial charge in [0.15, 0.2) is 0 Å². The van der Waals surface area contributed by atoms with E-state index in [-0.39, 0.29) is 11.8 Å². The van der Waals surface area contributed by atoms with Gasteiger partial charge in [0.2, 0.25) is 0 Å². The predicted octanol–water partition coefficient (Wildman–Crippen LogP) is 1.84. The molecule has 0 radical (unpaired) electrons. The number of nitrogens with two attached hydrogens (primary N) is 1. The molecule has 4 heteroatoms. The fraction of sp³-hybridized carbons (Fsp3) is 0.400. The summed E-state index contributed by atoms with van der Waals surface area (Å²) in [4.78, 5) is 0. The van der Waals surface area contributed by atoms with Gasteiger partial charge in [0.05, 0.1) is 10.6 Å². The van der Waals surface area contributed by atoms with Gasteiger partial charge in [-0.15, -0.1) is 0 Å². The molecule has 0 saturated carbocycles. The molecule has 0 amide bonds. The first kappa shape index (κ1) is 11.5. The summed E-state index contributed by atoms with van der Waals surface area (Å²) in [6, 6.07) is 2.94. The van der Waals surface area contributed by atoms with Crippen LogP contribution in [0.15, 0.2) is 16.6 Å². The van der Waals surface area contributed by atoms with E-state index >= 15 is 0 Å². The van der Waals surface area contributed by atoms with Gasteiger partial charge in [0, 0.05) is 6.04 Å². The van der Waals surface area contributed by atoms with Crippen LogP contribution in [0.4, 0.5) is 0 Å². The zero-order chi connectivity index (χ0) is 10.9. The molecule has 0 spiro atoms. The number of phenols is 1. The highest BCUT2D eigenvalue weighted by molar-refractivity contribution is 9.10. The molecular weight excluding hydrogens is 246 g/mol. The summed E-state index contributed by atoms with van der Waals surface area (Å²) >= 11 is 3.20. The van der Waals surface area contributed by atoms with Crippen LogP contribution >= 0.6 is 15.9 Å². The summed E-state index contributed by atoms with van der Waals surface area (Å²) in [5.41, 5.74) is 7.15. The normalized spacial score (nSPS) is 15.2. The number of rotatable bonds is 2. The van der Waals surface area contributed by atoms with Crippen LogP contribution in [-0.2, 0) is 0 Å². The number of hydrogen-bond donors (Lipinski definition) is 3. The van der Waals surface area contributed by atoms with Crippen molar-refractivity contribution in [3.8, 4) is 5.75 Å². The molecule has 0 bridgehead atoms. The van der Waals surface area contributed by atoms with E-state index in [9.17, 15) is 10.2 Å². The van der Waals surface area contributed by atoms with Crippen molar-refractivity contribution in [3.05, 3.63) is 27.7 Å². The Morgan fingerprint density at radius 3 is 2.50 bits per heavy atom. The molecule has 2 atom stereocenters. The van der Waals surface area contributed by atoms with Crippen LogP contribution in [0.1, 0.15) is 24.2 Å². The number of benzene rings is 1. The largest absolute Gasteiger partial charge is 0.507 e. The van der Waals surface area contributed by atoms with Crippen LogP contribution in [0.5, 0.6) is 5.75 Å². The smallest absolute Gasteiger partial charge is 0.130 e. The zero-order valence-electron chi connectivity index (χ0n) is 8.16. The predicted molar refractivity (Wildman–Crippen MR) is 59.2 cm³/mol. The van der Waals surface area contributed by atoms with Crippen molar-refractivity contribution in [3.63, 3.8) is 0 Å². The molecule has 0 aliphatic rings. The minimum Gasteiger partial charge on any atom is -0.507 e. The lowest BCUT2D eigenvalue weighted by Crippen LogP contribution is -2.24. The van der Waals surface area contributed by atoms with Gasteiger partial charge in [-0.05, 0) is 53.0 Å². The third kappa shape index (κ3) is 2.26. The Morgan fingerprint density at radius 2 is 2.00 bits per heavy atom. The number of aliphatic hydroxyl groups is 1. The SMILES string of the molecule is Cc1cc(Br)c(O)cc1C(O)C(C)N. The number of phenolic OH excluding ortho intramolecular Hbond substituents is 1. The first-order valence-electron chi connectivity index (χ1n) is 4.36. The maximum Gasteiger partial charge on any atom is 0.130 e. The summed E-state index contributed by atoms with van der Waals surface area (Å²) in [6.45, 7) is 3.59. The van der Waals surface area contributed by atoms with E-state index in [1.165, 1.54) is 6.07 Å². The molecule has 78 valence electrons. The summed E-state index contributed by atoms with van der Waals surface area (Å²) < 4.78 is 0.621. The summed E-state index contributed by atoms with van der Waals surface area (Å²) in [5, 5.41) is 19.2. The zero-order valence-corrected chi connectivity index (χ0v) is 9.75. The van der Waals surface area contributed by atoms with Crippen LogP contribution in [0.25, 0.3) is 0 Å². The van der Waals surface area contributed by atoms with Crippen molar-refractivity contribution in [2.75, 3.05) is 0 Å². The second kappa shape index (κ2) is 4.29. The topological polar surface area (TPSA) is 66.5 Å². The molecule has 0 aliphatic heterocycles. The van der Waals surface area contributed by atoms with Gasteiger partial charge in [-0.3, -0.25) is 0 Å². The Labute approximate surface area is 91.7 Å². The number of aryl methyl sites for hydroxylation is 1. The summed E-state index contributed by atoms with van der Waals surface area (Å²) in [7, 11) is 0. The molecular formula is C10H14BrNO2. The van der Waals surface area contributed by atoms with Gasteiger partial charge in [-0.2, -0.15) is 0 Å². The van der Waals surface area contributed by atoms with E-state index in [1.807, 2.05) is 6.92 Å². The van der Waals surface area contributed by atoms with Crippen LogP contribution in [-0.4, -0.2) is 16.3 Å². The standard InChI is InChI=1S/C10H14BrNO2/c1-5-3-8(11)9(13)4-7(5)10(14)6(2)12/h3-4,6,10,13-14H,12H2,1-2H3. The molecule has 0 saturated heterocycles. The molecule has 0 aliphatic carbocycles. The molecule has 0 fully saturated rings. The Kier molecular flexibility index (Phi) is 3.53. The highest BCUT2D eigenvalue weighted by Gasteiger charge is 2.16. The average Bonchev–Trinajstić information content (AvgIpc) is 2.10. The molecule has 3 nitrogen and oxygen atoms in total. The first-order valence-corrected chi connectivity index (χ1v) is 5.15. The average molecular weight is 260 g/mol. The van der Waals surface area contributed by atoms with Crippen LogP contribution in [0.3, 0.4) is 0 Å². The third-order valence-corrected chi connectivity index (χ3v) is 2.79. The summed E-state index contributed by atoms with van der Waals surface area (Å²) in [5.74, 6) is 0.116. The van der Waals surface area contributed by atoms with Crippen molar-refractivity contribution < 1.29 is 10.2 Å². The lowest BCUT2D eigenvalue weighted by molar-refractivity contribution is 0.152. The molecule has 1 aromatic rings. The highest BCUT2D eigenvalue weighted by atomic mass is 79.9. The maximum atomic E-state index is 9.74. The Balaban J connectivity index is 3.15. The Hall–Kier alpha value is -0.580. The van der Waals surface area contributed by atoms with E-state index in [1.54, 1.807) is 13.0 Å². The fourth-order valence-corrected chi connectivity index (χ4v) is 1.74. The molecule has 0 heterocycles. The molecule has 1 rings (SSSR count). The van der Waals surface area contributed by atoms with Crippen molar-refractivity contribution in [1.82, 2.24) is 0 Å². The monoisotopic (exact) mass is 259 g/mol. The minimum absolute atomic E-state index is 0.116. The third-order valence-electron chi connectivity index (χ3n) is 2.15. The molecule has 1 aromatic carbocycles. The van der Waals surface area contributed by atoms with E-state index in [2.05, 4.69) is 15.9 Å². The van der Waals surface area contributed by atoms with Crippen LogP contribution < -0.4 is 5.73 Å². The van der Waals surface area contributed by atoms with Crippen LogP contribution in [0, 0.1) is 6.92 Å². The van der Waals surface area contributed by atoms with Crippen LogP contribution in [0.2, 0.25) is 0 Å². The summed E-state index contributed by atoms with van der Waals surface area (Å²) in [6.07, 6.45) is -0.742. The quantitative estimate of drug-likeness (QED) is 0.760. The van der Waals surface area contributed by atoms with Gasteiger partial charge < -0.3 is 15.9 Å². The number of aromatic hydroxyl groups is 1. The number of aliphatic hydroxyl groups excluding tert-OH is 1. The van der Waals surface area contributed by atoms with E-state index in [4.69, 9.17) is 5.73 Å². The van der Waals surface area contributed by atoms with Gasteiger partial charge in [-0.1, -0.05) is 0 Å². The van der Waals surface area contributed by atoms with E-state index in [0.717, 1.165) is 5.56 Å². The van der Waals surface area contributed by atoms with E-state index < -0.39 is 6.10 Å². The molecule has 14 heavy (non-hydrogen) atoms. The van der Waals surface area contributed by atoms with Crippen molar-refractivity contribution >= 4 is 15.9 Å². The second-order valence-electron chi connectivity index (χ2n) is 3.46.